The number of aromatic hydroxyl groups is 1. The Kier molecular flexibility index (Phi) is 6.58. The van der Waals surface area contributed by atoms with Gasteiger partial charge in [-0.25, -0.2) is 0 Å². The molecular formula is C26H31N3O8. The van der Waals surface area contributed by atoms with Crippen molar-refractivity contribution < 1.29 is 39.0 Å². The van der Waals surface area contributed by atoms with Crippen LogP contribution in [0.4, 0.5) is 0 Å². The summed E-state index contributed by atoms with van der Waals surface area (Å²) in [6.07, 6.45) is 0.726. The summed E-state index contributed by atoms with van der Waals surface area (Å²) in [7, 11) is 3.08. The number of likely N-dealkylation sites (N-methyl/N-ethyl adjacent to an activating group) is 1. The number of phenols is 1. The fourth-order valence-electron chi connectivity index (χ4n) is 6.48. The molecule has 11 heteroatoms. The Hall–Kier alpha value is -3.44. The number of benzene rings is 1. The van der Waals surface area contributed by atoms with Gasteiger partial charge >= 0.3 is 0 Å². The number of carbonyl (C=O) groups is 6. The minimum absolute atomic E-state index is 0.00144. The van der Waals surface area contributed by atoms with E-state index in [1.807, 2.05) is 6.92 Å². The Morgan fingerprint density at radius 3 is 2.35 bits per heavy atom. The molecular weight excluding hydrogens is 482 g/mol. The lowest BCUT2D eigenvalue weighted by Crippen LogP contribution is -2.74. The molecule has 2 fully saturated rings. The van der Waals surface area contributed by atoms with Gasteiger partial charge in [-0.15, -0.1) is 0 Å². The lowest BCUT2D eigenvalue weighted by molar-refractivity contribution is -0.181. The topological polar surface area (TPSA) is 184 Å². The molecule has 3 aliphatic carbocycles. The molecule has 3 unspecified atom stereocenters. The van der Waals surface area contributed by atoms with Crippen molar-refractivity contribution in [3.63, 3.8) is 0 Å². The number of Topliss-reactive ketones (excluding diaryl/α,β-unsaturated/α-hetero) is 4. The van der Waals surface area contributed by atoms with Crippen LogP contribution in [0, 0.1) is 23.7 Å². The first-order valence-electron chi connectivity index (χ1n) is 12.2. The summed E-state index contributed by atoms with van der Waals surface area (Å²) in [5.74, 6) is -11.1. The van der Waals surface area contributed by atoms with Gasteiger partial charge in [0.05, 0.1) is 17.5 Å². The van der Waals surface area contributed by atoms with Gasteiger partial charge in [0, 0.05) is 24.9 Å². The fourth-order valence-corrected chi connectivity index (χ4v) is 6.48. The summed E-state index contributed by atoms with van der Waals surface area (Å²) in [4.78, 5) is 79.0. The molecule has 0 radical (unpaired) electrons. The second-order valence-corrected chi connectivity index (χ2v) is 10.4. The van der Waals surface area contributed by atoms with Crippen molar-refractivity contribution in [1.82, 2.24) is 10.2 Å². The average molecular weight is 514 g/mol. The Labute approximate surface area is 213 Å². The molecule has 0 aromatic heterocycles. The number of ketones is 4. The summed E-state index contributed by atoms with van der Waals surface area (Å²) < 4.78 is 0. The van der Waals surface area contributed by atoms with Crippen LogP contribution in [0.3, 0.4) is 0 Å². The molecule has 37 heavy (non-hydrogen) atoms. The van der Waals surface area contributed by atoms with Crippen molar-refractivity contribution in [1.29, 1.82) is 0 Å². The number of phenolic OH excluding ortho intramolecular Hbond substituents is 1. The largest absolute Gasteiger partial charge is 0.507 e. The SMILES string of the molecule is CCc1cc(CNC(C)=O)c(O)c2c1C[C@H]1C[C@H]3C(N(C)C)C(=O)C(C(N)=O)C(=O)[C@@]3(O)C(=O)C1C2=O. The van der Waals surface area contributed by atoms with E-state index in [4.69, 9.17) is 5.73 Å². The Morgan fingerprint density at radius 2 is 1.81 bits per heavy atom. The van der Waals surface area contributed by atoms with Crippen LogP contribution in [0.15, 0.2) is 6.07 Å². The van der Waals surface area contributed by atoms with Gasteiger partial charge in [-0.2, -0.15) is 0 Å². The minimum atomic E-state index is -2.76. The van der Waals surface area contributed by atoms with E-state index in [0.29, 0.717) is 17.5 Å². The van der Waals surface area contributed by atoms with Crippen LogP contribution in [0.2, 0.25) is 0 Å². The number of nitrogens with zero attached hydrogens (tertiary/aromatic N) is 1. The Balaban J connectivity index is 1.86. The molecule has 2 saturated carbocycles. The molecule has 11 nitrogen and oxygen atoms in total. The standard InChI is InChI=1S/C26H31N3O8/c1-5-11-6-13(9-28-10(2)30)20(31)17-14(11)7-12-8-15-19(29(3)4)22(33)18(25(27)36)24(35)26(15,37)23(34)16(12)21(17)32/h6,12,15-16,18-19,31,37H,5,7-9H2,1-4H3,(H2,27,36)(H,28,30)/t12-,15-,16?,18?,19?,26-/m0/s1. The average Bonchev–Trinajstić information content (AvgIpc) is 2.80. The van der Waals surface area contributed by atoms with E-state index in [0.717, 1.165) is 5.56 Å². The maximum atomic E-state index is 13.8. The second-order valence-electron chi connectivity index (χ2n) is 10.4. The number of primary amides is 1. The highest BCUT2D eigenvalue weighted by atomic mass is 16.3. The molecule has 0 bridgehead atoms. The molecule has 0 aliphatic heterocycles. The number of carbonyl (C=O) groups excluding carboxylic acids is 6. The smallest absolute Gasteiger partial charge is 0.235 e. The first kappa shape index (κ1) is 26.6. The van der Waals surface area contributed by atoms with E-state index >= 15 is 0 Å². The van der Waals surface area contributed by atoms with Crippen LogP contribution in [-0.4, -0.2) is 75.8 Å². The van der Waals surface area contributed by atoms with Crippen LogP contribution in [0.5, 0.6) is 5.75 Å². The van der Waals surface area contributed by atoms with Crippen molar-refractivity contribution in [3.8, 4) is 5.75 Å². The van der Waals surface area contributed by atoms with Gasteiger partial charge in [0.25, 0.3) is 0 Å². The third-order valence-corrected chi connectivity index (χ3v) is 8.14. The predicted octanol–water partition coefficient (Wildman–Crippen LogP) is -0.934. The molecule has 5 N–H and O–H groups in total. The molecule has 1 aromatic rings. The zero-order valence-electron chi connectivity index (χ0n) is 21.2. The molecule has 198 valence electrons. The molecule has 3 aliphatic rings. The number of aryl methyl sites for hydroxylation is 1. The third kappa shape index (κ3) is 3.79. The lowest BCUT2D eigenvalue weighted by Gasteiger charge is -2.52. The summed E-state index contributed by atoms with van der Waals surface area (Å²) in [6, 6.07) is 0.576. The number of fused-ring (bicyclic) bond motifs is 3. The number of amides is 2. The van der Waals surface area contributed by atoms with E-state index in [-0.39, 0.29) is 36.6 Å². The summed E-state index contributed by atoms with van der Waals surface area (Å²) in [5.41, 5.74) is 4.15. The summed E-state index contributed by atoms with van der Waals surface area (Å²) >= 11 is 0. The van der Waals surface area contributed by atoms with Crippen LogP contribution < -0.4 is 11.1 Å². The van der Waals surface area contributed by atoms with Crippen LogP contribution in [0.1, 0.15) is 47.3 Å². The van der Waals surface area contributed by atoms with E-state index in [1.165, 1.54) is 11.8 Å². The molecule has 1 aromatic carbocycles. The third-order valence-electron chi connectivity index (χ3n) is 8.14. The first-order valence-corrected chi connectivity index (χ1v) is 12.2. The van der Waals surface area contributed by atoms with E-state index in [1.54, 1.807) is 20.2 Å². The highest BCUT2D eigenvalue weighted by Gasteiger charge is 2.69. The van der Waals surface area contributed by atoms with Gasteiger partial charge in [0.2, 0.25) is 11.8 Å². The molecule has 2 amide bonds. The van der Waals surface area contributed by atoms with Gasteiger partial charge in [-0.3, -0.25) is 33.7 Å². The zero-order chi connectivity index (χ0) is 27.6. The van der Waals surface area contributed by atoms with Crippen molar-refractivity contribution >= 4 is 34.9 Å². The van der Waals surface area contributed by atoms with Gasteiger partial charge in [-0.1, -0.05) is 13.0 Å². The van der Waals surface area contributed by atoms with E-state index in [9.17, 15) is 39.0 Å². The van der Waals surface area contributed by atoms with Gasteiger partial charge < -0.3 is 21.3 Å². The number of rotatable bonds is 5. The summed E-state index contributed by atoms with van der Waals surface area (Å²) in [5, 5.41) is 25.2. The number of nitrogens with one attached hydrogen (secondary N) is 1. The van der Waals surface area contributed by atoms with E-state index < -0.39 is 64.4 Å². The molecule has 0 heterocycles. The minimum Gasteiger partial charge on any atom is -0.507 e. The Morgan fingerprint density at radius 1 is 1.16 bits per heavy atom. The molecule has 6 atom stereocenters. The highest BCUT2D eigenvalue weighted by molar-refractivity contribution is 6.32. The van der Waals surface area contributed by atoms with Crippen molar-refractivity contribution in [2.24, 2.45) is 29.4 Å². The quantitative estimate of drug-likeness (QED) is 0.361. The maximum absolute atomic E-state index is 13.8. The number of nitrogens with two attached hydrogens (primary N) is 1. The van der Waals surface area contributed by atoms with E-state index in [2.05, 4.69) is 5.32 Å². The van der Waals surface area contributed by atoms with Gasteiger partial charge in [0.1, 0.15) is 5.75 Å². The predicted molar refractivity (Wildman–Crippen MR) is 128 cm³/mol. The molecule has 4 rings (SSSR count). The van der Waals surface area contributed by atoms with Gasteiger partial charge in [0.15, 0.2) is 34.7 Å². The van der Waals surface area contributed by atoms with Gasteiger partial charge in [-0.05, 0) is 50.4 Å². The van der Waals surface area contributed by atoms with Crippen LogP contribution in [0.25, 0.3) is 0 Å². The van der Waals surface area contributed by atoms with Crippen molar-refractivity contribution in [2.75, 3.05) is 14.1 Å². The molecule has 0 saturated heterocycles. The highest BCUT2D eigenvalue weighted by Crippen LogP contribution is 2.51. The molecule has 0 spiro atoms. The summed E-state index contributed by atoms with van der Waals surface area (Å²) in [6.45, 7) is 3.16. The van der Waals surface area contributed by atoms with Crippen LogP contribution >= 0.6 is 0 Å². The lowest BCUT2D eigenvalue weighted by atomic mass is 9.52. The number of hydrogen-bond acceptors (Lipinski definition) is 9. The van der Waals surface area contributed by atoms with Crippen LogP contribution in [-0.2, 0) is 43.4 Å². The maximum Gasteiger partial charge on any atom is 0.235 e. The van der Waals surface area contributed by atoms with Crippen molar-refractivity contribution in [2.45, 2.75) is 51.3 Å². The Bertz CT molecular complexity index is 1250. The fraction of sp³-hybridized carbons (Fsp3) is 0.538. The normalized spacial score (nSPS) is 31.0. The monoisotopic (exact) mass is 513 g/mol. The first-order chi connectivity index (χ1) is 17.3. The number of hydrogen-bond donors (Lipinski definition) is 4. The second kappa shape index (κ2) is 9.14. The number of aliphatic hydroxyl groups is 1. The van der Waals surface area contributed by atoms with Crippen molar-refractivity contribution in [3.05, 3.63) is 28.3 Å². The zero-order valence-corrected chi connectivity index (χ0v) is 21.2.